The topological polar surface area (TPSA) is 64.3 Å². The quantitative estimate of drug-likeness (QED) is 0.484. The number of nitrogens with zero attached hydrogens (tertiary/aromatic N) is 3. The van der Waals surface area contributed by atoms with E-state index >= 15 is 0 Å². The van der Waals surface area contributed by atoms with Crippen LogP contribution in [0.2, 0.25) is 0 Å². The minimum atomic E-state index is 0.177. The molecule has 6 heteroatoms. The first-order chi connectivity index (χ1) is 12.0. The van der Waals surface area contributed by atoms with Crippen molar-refractivity contribution < 1.29 is 4.74 Å². The van der Waals surface area contributed by atoms with Gasteiger partial charge in [-0.2, -0.15) is 4.98 Å². The summed E-state index contributed by atoms with van der Waals surface area (Å²) >= 11 is 1.90. The van der Waals surface area contributed by atoms with Crippen LogP contribution in [0.1, 0.15) is 51.0 Å². The Morgan fingerprint density at radius 3 is 2.84 bits per heavy atom. The molecule has 25 heavy (non-hydrogen) atoms. The number of rotatable bonds is 5. The van der Waals surface area contributed by atoms with Gasteiger partial charge in [-0.15, -0.1) is 11.8 Å². The van der Waals surface area contributed by atoms with Crippen molar-refractivity contribution in [2.24, 2.45) is 0 Å². The molecule has 1 saturated carbocycles. The van der Waals surface area contributed by atoms with Crippen LogP contribution in [-0.4, -0.2) is 35.4 Å². The van der Waals surface area contributed by atoms with Gasteiger partial charge in [0.2, 0.25) is 5.95 Å². The molecule has 2 aliphatic rings. The molecule has 1 fully saturated rings. The average molecular weight is 361 g/mol. The molecule has 1 aromatic rings. The van der Waals surface area contributed by atoms with Gasteiger partial charge in [0.15, 0.2) is 0 Å². The maximum absolute atomic E-state index is 6.01. The van der Waals surface area contributed by atoms with Crippen molar-refractivity contribution in [3.8, 4) is 0 Å². The number of nitrogen functional groups attached to an aromatic ring is 1. The van der Waals surface area contributed by atoms with Crippen LogP contribution in [0.4, 0.5) is 11.8 Å². The van der Waals surface area contributed by atoms with Crippen molar-refractivity contribution in [1.82, 2.24) is 9.97 Å². The van der Waals surface area contributed by atoms with E-state index in [0.717, 1.165) is 16.6 Å². The molecule has 3 unspecified atom stereocenters. The van der Waals surface area contributed by atoms with E-state index in [9.17, 15) is 0 Å². The van der Waals surface area contributed by atoms with E-state index in [2.05, 4.69) is 34.9 Å². The van der Waals surface area contributed by atoms with Gasteiger partial charge < -0.3 is 15.4 Å². The first kappa shape index (κ1) is 18.1. The number of methoxy groups -OCH3 is 1. The lowest BCUT2D eigenvalue weighted by Crippen LogP contribution is -2.30. The van der Waals surface area contributed by atoms with Crippen LogP contribution in [0.25, 0.3) is 0 Å². The Labute approximate surface area is 154 Å². The Kier molecular flexibility index (Phi) is 5.57. The molecular formula is C19H28N4OS. The van der Waals surface area contributed by atoms with Crippen molar-refractivity contribution >= 4 is 23.5 Å². The first-order valence-electron chi connectivity index (χ1n) is 9.00. The molecule has 0 aromatic carbocycles. The molecule has 2 N–H and O–H groups in total. The fraction of sp³-hybridized carbons (Fsp3) is 0.579. The summed E-state index contributed by atoms with van der Waals surface area (Å²) in [7, 11) is 3.77. The molecule has 0 saturated heterocycles. The normalized spacial score (nSPS) is 24.1. The van der Waals surface area contributed by atoms with E-state index in [4.69, 9.17) is 10.5 Å². The zero-order valence-corrected chi connectivity index (χ0v) is 16.3. The number of fused-ring (bicyclic) bond motifs is 3. The Balaban J connectivity index is 1.90. The van der Waals surface area contributed by atoms with Gasteiger partial charge >= 0.3 is 0 Å². The van der Waals surface area contributed by atoms with E-state index in [1.165, 1.54) is 31.2 Å². The molecule has 0 spiro atoms. The third kappa shape index (κ3) is 3.64. The number of hydrogen-bond donors (Lipinski definition) is 1. The summed E-state index contributed by atoms with van der Waals surface area (Å²) in [6.45, 7) is 4.13. The number of nitrogens with two attached hydrogens (primary N) is 1. The van der Waals surface area contributed by atoms with Gasteiger partial charge in [0.25, 0.3) is 0 Å². The molecule has 1 aliphatic heterocycles. The van der Waals surface area contributed by atoms with Crippen molar-refractivity contribution in [1.29, 1.82) is 0 Å². The van der Waals surface area contributed by atoms with E-state index in [1.54, 1.807) is 7.11 Å². The van der Waals surface area contributed by atoms with Crippen LogP contribution in [0.15, 0.2) is 29.0 Å². The second-order valence-electron chi connectivity index (χ2n) is 6.78. The Morgan fingerprint density at radius 2 is 2.12 bits per heavy atom. The maximum atomic E-state index is 6.01. The summed E-state index contributed by atoms with van der Waals surface area (Å²) in [5.41, 5.74) is 7.32. The first-order valence-corrected chi connectivity index (χ1v) is 9.88. The van der Waals surface area contributed by atoms with E-state index in [1.807, 2.05) is 30.8 Å². The maximum Gasteiger partial charge on any atom is 0.223 e. The Morgan fingerprint density at radius 1 is 1.36 bits per heavy atom. The number of ether oxygens (including phenoxy) is 1. The SMILES string of the molecule is CC=C(C=CC(C)N(C)c1nc(N)nc2c1C1CCCCC1S2)OC. The fourth-order valence-electron chi connectivity index (χ4n) is 3.69. The molecule has 136 valence electrons. The highest BCUT2D eigenvalue weighted by atomic mass is 32.2. The zero-order chi connectivity index (χ0) is 18.0. The van der Waals surface area contributed by atoms with Crippen LogP contribution in [0.3, 0.4) is 0 Å². The van der Waals surface area contributed by atoms with Crippen LogP contribution < -0.4 is 10.6 Å². The molecule has 1 aromatic heterocycles. The number of aromatic nitrogens is 2. The lowest BCUT2D eigenvalue weighted by molar-refractivity contribution is 0.306. The smallest absolute Gasteiger partial charge is 0.223 e. The predicted molar refractivity (Wildman–Crippen MR) is 105 cm³/mol. The minimum Gasteiger partial charge on any atom is -0.497 e. The lowest BCUT2D eigenvalue weighted by atomic mass is 9.84. The summed E-state index contributed by atoms with van der Waals surface area (Å²) in [4.78, 5) is 11.4. The van der Waals surface area contributed by atoms with Crippen LogP contribution in [-0.2, 0) is 4.74 Å². The third-order valence-electron chi connectivity index (χ3n) is 5.25. The highest BCUT2D eigenvalue weighted by Crippen LogP contribution is 2.53. The molecule has 3 atom stereocenters. The van der Waals surface area contributed by atoms with E-state index in [0.29, 0.717) is 17.1 Å². The standard InChI is InChI=1S/C19H28N4OS/c1-5-13(24-4)11-10-12(2)23(3)17-16-14-8-6-7-9-15(14)25-18(16)22-19(20)21-17/h5,10-12,14-15H,6-9H2,1-4H3,(H2,20,21,22). The predicted octanol–water partition coefficient (Wildman–Crippen LogP) is 4.12. The van der Waals surface area contributed by atoms with Crippen molar-refractivity contribution in [2.75, 3.05) is 24.8 Å². The van der Waals surface area contributed by atoms with Gasteiger partial charge in [0.1, 0.15) is 16.6 Å². The lowest BCUT2D eigenvalue weighted by Gasteiger charge is -2.29. The Bertz CT molecular complexity index is 688. The van der Waals surface area contributed by atoms with Crippen molar-refractivity contribution in [3.63, 3.8) is 0 Å². The fourth-order valence-corrected chi connectivity index (χ4v) is 5.21. The largest absolute Gasteiger partial charge is 0.497 e. The number of hydrogen-bond acceptors (Lipinski definition) is 6. The molecule has 1 aliphatic carbocycles. The summed E-state index contributed by atoms with van der Waals surface area (Å²) in [6.07, 6.45) is 11.2. The summed E-state index contributed by atoms with van der Waals surface area (Å²) < 4.78 is 5.31. The number of anilines is 2. The summed E-state index contributed by atoms with van der Waals surface area (Å²) in [6, 6.07) is 0.177. The minimum absolute atomic E-state index is 0.177. The second-order valence-corrected chi connectivity index (χ2v) is 8.01. The summed E-state index contributed by atoms with van der Waals surface area (Å²) in [5, 5.41) is 1.73. The molecule has 2 heterocycles. The highest BCUT2D eigenvalue weighted by Gasteiger charge is 2.39. The molecule has 0 amide bonds. The molecule has 0 radical (unpaired) electrons. The molecule has 3 rings (SSSR count). The number of likely N-dealkylation sites (N-methyl/N-ethyl adjacent to an activating group) is 1. The van der Waals surface area contributed by atoms with E-state index < -0.39 is 0 Å². The van der Waals surface area contributed by atoms with Gasteiger partial charge in [-0.1, -0.05) is 18.9 Å². The third-order valence-corrected chi connectivity index (χ3v) is 6.65. The van der Waals surface area contributed by atoms with Crippen molar-refractivity contribution in [2.45, 2.75) is 61.8 Å². The average Bonchev–Trinajstić information content (AvgIpc) is 2.99. The van der Waals surface area contributed by atoms with Gasteiger partial charge in [0.05, 0.1) is 7.11 Å². The zero-order valence-electron chi connectivity index (χ0n) is 15.5. The molecule has 5 nitrogen and oxygen atoms in total. The van der Waals surface area contributed by atoms with Gasteiger partial charge in [0, 0.05) is 29.8 Å². The molecule has 0 bridgehead atoms. The van der Waals surface area contributed by atoms with Gasteiger partial charge in [-0.3, -0.25) is 0 Å². The highest BCUT2D eigenvalue weighted by molar-refractivity contribution is 8.00. The monoisotopic (exact) mass is 360 g/mol. The van der Waals surface area contributed by atoms with Crippen LogP contribution in [0.5, 0.6) is 0 Å². The van der Waals surface area contributed by atoms with Gasteiger partial charge in [-0.25, -0.2) is 4.98 Å². The van der Waals surface area contributed by atoms with Crippen LogP contribution >= 0.6 is 11.8 Å². The Hall–Kier alpha value is -1.69. The van der Waals surface area contributed by atoms with Gasteiger partial charge in [-0.05, 0) is 38.8 Å². The molecular weight excluding hydrogens is 332 g/mol. The number of allylic oxidation sites excluding steroid dienone is 2. The van der Waals surface area contributed by atoms with E-state index in [-0.39, 0.29) is 6.04 Å². The van der Waals surface area contributed by atoms with Crippen LogP contribution in [0, 0.1) is 0 Å². The second kappa shape index (κ2) is 7.68. The summed E-state index contributed by atoms with van der Waals surface area (Å²) in [5.74, 6) is 2.78. The number of thioether (sulfide) groups is 1. The van der Waals surface area contributed by atoms with Crippen molar-refractivity contribution in [3.05, 3.63) is 29.6 Å².